The second-order valence-corrected chi connectivity index (χ2v) is 4.53. The van der Waals surface area contributed by atoms with Crippen molar-refractivity contribution < 1.29 is 9.53 Å². The number of likely N-dealkylation sites (N-methyl/N-ethyl adjacent to an activating group) is 1. The Balaban J connectivity index is 2.61. The van der Waals surface area contributed by atoms with E-state index in [0.29, 0.717) is 19.1 Å². The van der Waals surface area contributed by atoms with Gasteiger partial charge in [-0.2, -0.15) is 0 Å². The summed E-state index contributed by atoms with van der Waals surface area (Å²) in [6.45, 7) is 7.87. The van der Waals surface area contributed by atoms with Gasteiger partial charge in [-0.3, -0.25) is 4.79 Å². The third kappa shape index (κ3) is 5.19. The highest BCUT2D eigenvalue weighted by Gasteiger charge is 2.07. The van der Waals surface area contributed by atoms with Crippen LogP contribution in [0, 0.1) is 5.92 Å². The van der Waals surface area contributed by atoms with Crippen molar-refractivity contribution in [1.82, 2.24) is 5.32 Å². The minimum atomic E-state index is -0.0579. The molecule has 0 aliphatic heterocycles. The molecule has 1 rings (SSSR count). The Morgan fingerprint density at radius 1 is 1.33 bits per heavy atom. The van der Waals surface area contributed by atoms with E-state index in [2.05, 4.69) is 24.5 Å². The third-order valence-electron chi connectivity index (χ3n) is 2.27. The standard InChI is InChI=1S/C14H22N2O2/c1-4-15-9-14(17)16-12-7-5-6-8-13(12)18-10-11(2)3/h5-8,11,15H,4,9-10H2,1-3H3,(H,16,17). The summed E-state index contributed by atoms with van der Waals surface area (Å²) in [7, 11) is 0. The Morgan fingerprint density at radius 2 is 2.06 bits per heavy atom. The lowest BCUT2D eigenvalue weighted by Gasteiger charge is -2.13. The average Bonchev–Trinajstić information content (AvgIpc) is 2.35. The molecule has 0 unspecified atom stereocenters. The molecule has 0 atom stereocenters. The summed E-state index contributed by atoms with van der Waals surface area (Å²) in [5.41, 5.74) is 0.723. The minimum absolute atomic E-state index is 0.0579. The van der Waals surface area contributed by atoms with E-state index in [1.807, 2.05) is 31.2 Å². The first kappa shape index (κ1) is 14.5. The second kappa shape index (κ2) is 7.71. The summed E-state index contributed by atoms with van der Waals surface area (Å²) in [6.07, 6.45) is 0. The van der Waals surface area contributed by atoms with E-state index in [4.69, 9.17) is 4.74 Å². The van der Waals surface area contributed by atoms with Gasteiger partial charge in [0.1, 0.15) is 5.75 Å². The molecule has 100 valence electrons. The van der Waals surface area contributed by atoms with Crippen molar-refractivity contribution in [2.75, 3.05) is 25.0 Å². The van der Waals surface area contributed by atoms with Crippen LogP contribution >= 0.6 is 0 Å². The van der Waals surface area contributed by atoms with Gasteiger partial charge >= 0.3 is 0 Å². The Morgan fingerprint density at radius 3 is 2.72 bits per heavy atom. The van der Waals surface area contributed by atoms with E-state index in [1.54, 1.807) is 0 Å². The van der Waals surface area contributed by atoms with E-state index >= 15 is 0 Å². The fourth-order valence-electron chi connectivity index (χ4n) is 1.39. The molecule has 0 heterocycles. The molecule has 0 aromatic heterocycles. The van der Waals surface area contributed by atoms with Crippen LogP contribution in [-0.4, -0.2) is 25.6 Å². The number of hydrogen-bond donors (Lipinski definition) is 2. The van der Waals surface area contributed by atoms with Crippen LogP contribution in [0.2, 0.25) is 0 Å². The number of carbonyl (C=O) groups is 1. The number of para-hydroxylation sites is 2. The number of hydrogen-bond acceptors (Lipinski definition) is 3. The lowest BCUT2D eigenvalue weighted by atomic mass is 10.2. The summed E-state index contributed by atoms with van der Waals surface area (Å²) in [5, 5.41) is 5.83. The van der Waals surface area contributed by atoms with Gasteiger partial charge in [0.05, 0.1) is 18.8 Å². The van der Waals surface area contributed by atoms with E-state index in [9.17, 15) is 4.79 Å². The lowest BCUT2D eigenvalue weighted by Crippen LogP contribution is -2.27. The molecule has 0 aliphatic carbocycles. The van der Waals surface area contributed by atoms with E-state index in [1.165, 1.54) is 0 Å². The number of ether oxygens (including phenoxy) is 1. The summed E-state index contributed by atoms with van der Waals surface area (Å²) < 4.78 is 5.67. The van der Waals surface area contributed by atoms with Crippen LogP contribution in [0.15, 0.2) is 24.3 Å². The van der Waals surface area contributed by atoms with E-state index in [-0.39, 0.29) is 5.91 Å². The Bertz CT molecular complexity index is 378. The van der Waals surface area contributed by atoms with Crippen molar-refractivity contribution in [2.45, 2.75) is 20.8 Å². The Kier molecular flexibility index (Phi) is 6.22. The first-order valence-electron chi connectivity index (χ1n) is 6.35. The van der Waals surface area contributed by atoms with Crippen molar-refractivity contribution in [3.05, 3.63) is 24.3 Å². The number of amides is 1. The third-order valence-corrected chi connectivity index (χ3v) is 2.27. The highest BCUT2D eigenvalue weighted by atomic mass is 16.5. The van der Waals surface area contributed by atoms with Crippen molar-refractivity contribution in [3.8, 4) is 5.75 Å². The maximum atomic E-state index is 11.6. The molecule has 2 N–H and O–H groups in total. The maximum absolute atomic E-state index is 11.6. The summed E-state index contributed by atoms with van der Waals surface area (Å²) in [5.74, 6) is 1.11. The highest BCUT2D eigenvalue weighted by Crippen LogP contribution is 2.24. The number of anilines is 1. The molecule has 0 bridgehead atoms. The van der Waals surface area contributed by atoms with Crippen LogP contribution < -0.4 is 15.4 Å². The molecular formula is C14H22N2O2. The predicted molar refractivity (Wildman–Crippen MR) is 73.9 cm³/mol. The van der Waals surface area contributed by atoms with Crippen molar-refractivity contribution in [1.29, 1.82) is 0 Å². The van der Waals surface area contributed by atoms with E-state index < -0.39 is 0 Å². The summed E-state index contributed by atoms with van der Waals surface area (Å²) in [6, 6.07) is 7.49. The van der Waals surface area contributed by atoms with Gasteiger partial charge in [-0.25, -0.2) is 0 Å². The van der Waals surface area contributed by atoms with Gasteiger partial charge < -0.3 is 15.4 Å². The van der Waals surface area contributed by atoms with Crippen LogP contribution in [0.5, 0.6) is 5.75 Å². The number of rotatable bonds is 7. The second-order valence-electron chi connectivity index (χ2n) is 4.53. The predicted octanol–water partition coefficient (Wildman–Crippen LogP) is 2.27. The van der Waals surface area contributed by atoms with Crippen LogP contribution in [-0.2, 0) is 4.79 Å². The molecule has 1 amide bonds. The van der Waals surface area contributed by atoms with Crippen molar-refractivity contribution >= 4 is 11.6 Å². The lowest BCUT2D eigenvalue weighted by molar-refractivity contribution is -0.115. The van der Waals surface area contributed by atoms with Crippen molar-refractivity contribution in [2.24, 2.45) is 5.92 Å². The monoisotopic (exact) mass is 250 g/mol. The molecule has 0 saturated heterocycles. The summed E-state index contributed by atoms with van der Waals surface area (Å²) in [4.78, 5) is 11.6. The smallest absolute Gasteiger partial charge is 0.238 e. The van der Waals surface area contributed by atoms with Gasteiger partial charge in [-0.1, -0.05) is 32.9 Å². The van der Waals surface area contributed by atoms with Crippen LogP contribution in [0.25, 0.3) is 0 Å². The van der Waals surface area contributed by atoms with Gasteiger partial charge in [0.2, 0.25) is 5.91 Å². The van der Waals surface area contributed by atoms with Crippen LogP contribution in [0.1, 0.15) is 20.8 Å². The maximum Gasteiger partial charge on any atom is 0.238 e. The molecule has 0 saturated carbocycles. The van der Waals surface area contributed by atoms with Crippen LogP contribution in [0.4, 0.5) is 5.69 Å². The number of benzene rings is 1. The number of carbonyl (C=O) groups excluding carboxylic acids is 1. The molecule has 4 heteroatoms. The normalized spacial score (nSPS) is 10.4. The zero-order chi connectivity index (χ0) is 13.4. The SMILES string of the molecule is CCNCC(=O)Nc1ccccc1OCC(C)C. The highest BCUT2D eigenvalue weighted by molar-refractivity contribution is 5.93. The largest absolute Gasteiger partial charge is 0.491 e. The molecule has 0 spiro atoms. The molecule has 0 fully saturated rings. The van der Waals surface area contributed by atoms with Gasteiger partial charge in [0.15, 0.2) is 0 Å². The minimum Gasteiger partial charge on any atom is -0.491 e. The Labute approximate surface area is 109 Å². The molecule has 0 radical (unpaired) electrons. The number of nitrogens with one attached hydrogen (secondary N) is 2. The van der Waals surface area contributed by atoms with Gasteiger partial charge in [0, 0.05) is 0 Å². The Hall–Kier alpha value is -1.55. The molecule has 4 nitrogen and oxygen atoms in total. The van der Waals surface area contributed by atoms with Gasteiger partial charge in [-0.05, 0) is 24.6 Å². The first-order chi connectivity index (χ1) is 8.63. The first-order valence-corrected chi connectivity index (χ1v) is 6.35. The fraction of sp³-hybridized carbons (Fsp3) is 0.500. The van der Waals surface area contributed by atoms with E-state index in [0.717, 1.165) is 18.0 Å². The fourth-order valence-corrected chi connectivity index (χ4v) is 1.39. The molecule has 0 aliphatic rings. The zero-order valence-corrected chi connectivity index (χ0v) is 11.3. The van der Waals surface area contributed by atoms with Crippen molar-refractivity contribution in [3.63, 3.8) is 0 Å². The molecule has 18 heavy (non-hydrogen) atoms. The van der Waals surface area contributed by atoms with Crippen LogP contribution in [0.3, 0.4) is 0 Å². The van der Waals surface area contributed by atoms with Gasteiger partial charge in [0.25, 0.3) is 0 Å². The summed E-state index contributed by atoms with van der Waals surface area (Å²) >= 11 is 0. The average molecular weight is 250 g/mol. The zero-order valence-electron chi connectivity index (χ0n) is 11.3. The molecule has 1 aromatic rings. The quantitative estimate of drug-likeness (QED) is 0.780. The molecule has 1 aromatic carbocycles. The molecular weight excluding hydrogens is 228 g/mol. The van der Waals surface area contributed by atoms with Gasteiger partial charge in [-0.15, -0.1) is 0 Å². The topological polar surface area (TPSA) is 50.4 Å².